The Balaban J connectivity index is 1.14. The first-order valence-electron chi connectivity index (χ1n) is 13.8. The van der Waals surface area contributed by atoms with Gasteiger partial charge in [-0.3, -0.25) is 4.79 Å². The molecular formula is C28H38FN3O3. The molecule has 35 heavy (non-hydrogen) atoms. The van der Waals surface area contributed by atoms with Gasteiger partial charge in [0.15, 0.2) is 0 Å². The lowest BCUT2D eigenvalue weighted by Gasteiger charge is -2.42. The number of nitrogens with zero attached hydrogens (tertiary/aromatic N) is 3. The van der Waals surface area contributed by atoms with Crippen LogP contribution in [0.2, 0.25) is 0 Å². The van der Waals surface area contributed by atoms with Gasteiger partial charge in [-0.1, -0.05) is 6.92 Å². The van der Waals surface area contributed by atoms with Gasteiger partial charge in [0.25, 0.3) is 0 Å². The second-order valence-corrected chi connectivity index (χ2v) is 11.6. The molecule has 2 saturated heterocycles. The highest BCUT2D eigenvalue weighted by Crippen LogP contribution is 2.50. The molecule has 5 aliphatic rings. The maximum absolute atomic E-state index is 14.3. The van der Waals surface area contributed by atoms with E-state index in [-0.39, 0.29) is 29.2 Å². The van der Waals surface area contributed by atoms with Crippen molar-refractivity contribution in [3.05, 3.63) is 29.6 Å². The lowest BCUT2D eigenvalue weighted by molar-refractivity contribution is -0.119. The third kappa shape index (κ3) is 4.13. The van der Waals surface area contributed by atoms with E-state index in [1.807, 2.05) is 22.8 Å². The van der Waals surface area contributed by atoms with Crippen LogP contribution in [-0.4, -0.2) is 66.7 Å². The Morgan fingerprint density at radius 3 is 2.66 bits per heavy atom. The zero-order valence-corrected chi connectivity index (χ0v) is 20.9. The minimum absolute atomic E-state index is 0.134. The minimum atomic E-state index is -0.207. The number of anilines is 1. The largest absolute Gasteiger partial charge is 0.449 e. The third-order valence-corrected chi connectivity index (χ3v) is 9.42. The number of benzene rings is 1. The molecule has 190 valence electrons. The molecular weight excluding hydrogens is 445 g/mol. The second-order valence-electron chi connectivity index (χ2n) is 11.6. The Bertz CT molecular complexity index is 988. The molecule has 0 radical (unpaired) electrons. The van der Waals surface area contributed by atoms with Crippen LogP contribution < -0.4 is 4.90 Å². The van der Waals surface area contributed by atoms with Crippen molar-refractivity contribution in [1.82, 2.24) is 9.80 Å². The smallest absolute Gasteiger partial charge is 0.410 e. The van der Waals surface area contributed by atoms with Gasteiger partial charge in [-0.25, -0.2) is 9.18 Å². The first-order valence-corrected chi connectivity index (χ1v) is 13.8. The van der Waals surface area contributed by atoms with Crippen molar-refractivity contribution >= 4 is 17.7 Å². The predicted octanol–water partition coefficient (Wildman–Crippen LogP) is 4.71. The lowest BCUT2D eigenvalue weighted by Crippen LogP contribution is -2.49. The molecule has 6 rings (SSSR count). The Morgan fingerprint density at radius 1 is 1.11 bits per heavy atom. The van der Waals surface area contributed by atoms with Crippen LogP contribution >= 0.6 is 0 Å². The van der Waals surface area contributed by atoms with E-state index in [2.05, 4.69) is 4.90 Å². The number of halogens is 1. The van der Waals surface area contributed by atoms with Crippen LogP contribution in [0.4, 0.5) is 14.9 Å². The van der Waals surface area contributed by atoms with Crippen molar-refractivity contribution in [3.63, 3.8) is 0 Å². The topological polar surface area (TPSA) is 53.1 Å². The summed E-state index contributed by atoms with van der Waals surface area (Å²) < 4.78 is 19.8. The summed E-state index contributed by atoms with van der Waals surface area (Å²) in [7, 11) is 0. The highest BCUT2D eigenvalue weighted by molar-refractivity contribution is 5.99. The highest BCUT2D eigenvalue weighted by atomic mass is 19.1. The van der Waals surface area contributed by atoms with Crippen molar-refractivity contribution < 1.29 is 18.7 Å². The van der Waals surface area contributed by atoms with Gasteiger partial charge in [-0.2, -0.15) is 0 Å². The van der Waals surface area contributed by atoms with Crippen LogP contribution in [0.3, 0.4) is 0 Å². The summed E-state index contributed by atoms with van der Waals surface area (Å²) in [4.78, 5) is 32.3. The van der Waals surface area contributed by atoms with E-state index < -0.39 is 0 Å². The summed E-state index contributed by atoms with van der Waals surface area (Å²) in [5, 5.41) is 0. The molecule has 0 bridgehead atoms. The van der Waals surface area contributed by atoms with Crippen LogP contribution in [-0.2, 0) is 14.9 Å². The fraction of sp³-hybridized carbons (Fsp3) is 0.714. The van der Waals surface area contributed by atoms with E-state index in [1.54, 1.807) is 6.07 Å². The van der Waals surface area contributed by atoms with Gasteiger partial charge in [-0.15, -0.1) is 0 Å². The van der Waals surface area contributed by atoms with E-state index in [0.29, 0.717) is 31.2 Å². The first kappa shape index (κ1) is 23.3. The first-order chi connectivity index (χ1) is 17.0. The molecule has 3 atom stereocenters. The van der Waals surface area contributed by atoms with Crippen molar-refractivity contribution in [2.75, 3.05) is 37.7 Å². The Kier molecular flexibility index (Phi) is 6.02. The summed E-state index contributed by atoms with van der Waals surface area (Å²) in [5.74, 6) is 0.747. The zero-order valence-electron chi connectivity index (χ0n) is 20.9. The second kappa shape index (κ2) is 9.06. The number of piperidine rings is 2. The van der Waals surface area contributed by atoms with Crippen LogP contribution in [0.25, 0.3) is 0 Å². The van der Waals surface area contributed by atoms with Crippen molar-refractivity contribution in [2.45, 2.75) is 82.2 Å². The summed E-state index contributed by atoms with van der Waals surface area (Å²) in [6.07, 6.45) is 9.01. The average Bonchev–Trinajstić information content (AvgIpc) is 3.56. The van der Waals surface area contributed by atoms with Gasteiger partial charge in [0.1, 0.15) is 5.82 Å². The zero-order chi connectivity index (χ0) is 24.2. The molecule has 4 fully saturated rings. The summed E-state index contributed by atoms with van der Waals surface area (Å²) >= 11 is 0. The molecule has 3 unspecified atom stereocenters. The molecule has 2 amide bonds. The number of carbonyl (C=O) groups excluding carboxylic acids is 2. The van der Waals surface area contributed by atoms with Gasteiger partial charge in [0.2, 0.25) is 5.91 Å². The maximum Gasteiger partial charge on any atom is 0.410 e. The van der Waals surface area contributed by atoms with Gasteiger partial charge < -0.3 is 19.4 Å². The van der Waals surface area contributed by atoms with E-state index in [0.717, 1.165) is 82.3 Å². The number of likely N-dealkylation sites (tertiary alicyclic amines) is 2. The monoisotopic (exact) mass is 483 g/mol. The van der Waals surface area contributed by atoms with Gasteiger partial charge in [0, 0.05) is 42.2 Å². The Hall–Kier alpha value is -2.15. The van der Waals surface area contributed by atoms with Crippen molar-refractivity contribution in [2.24, 2.45) is 11.8 Å². The molecule has 3 heterocycles. The molecule has 2 aliphatic carbocycles. The van der Waals surface area contributed by atoms with Crippen LogP contribution in [0, 0.1) is 17.7 Å². The maximum atomic E-state index is 14.3. The minimum Gasteiger partial charge on any atom is -0.449 e. The standard InChI is InChI=1S/C28H38FN3O3/c1-2-14-35-27(34)31-11-3-4-20-15-22(17-25(20)31)30-12-9-28(10-13-30)18-32(26(33)19-5-6-19)24-8-7-21(29)16-23(24)28/h7-8,16,19-20,22,25H,2-6,9-15,17-18H2,1H3. The van der Waals surface area contributed by atoms with Crippen LogP contribution in [0.15, 0.2) is 18.2 Å². The molecule has 2 saturated carbocycles. The summed E-state index contributed by atoms with van der Waals surface area (Å²) in [6, 6.07) is 5.79. The molecule has 1 aromatic rings. The fourth-order valence-corrected chi connectivity index (χ4v) is 7.39. The van der Waals surface area contributed by atoms with E-state index in [9.17, 15) is 14.0 Å². The normalized spacial score (nSPS) is 29.8. The third-order valence-electron chi connectivity index (χ3n) is 9.42. The SMILES string of the molecule is CCCOC(=O)N1CCCC2CC(N3CCC4(CC3)CN(C(=O)C3CC3)c3ccc(F)cc34)CC21. The Morgan fingerprint density at radius 2 is 1.91 bits per heavy atom. The predicted molar refractivity (Wildman–Crippen MR) is 132 cm³/mol. The number of rotatable bonds is 4. The van der Waals surface area contributed by atoms with Crippen molar-refractivity contribution in [1.29, 1.82) is 0 Å². The van der Waals surface area contributed by atoms with Crippen molar-refractivity contribution in [3.8, 4) is 0 Å². The lowest BCUT2D eigenvalue weighted by atomic mass is 9.74. The quantitative estimate of drug-likeness (QED) is 0.623. The van der Waals surface area contributed by atoms with E-state index in [4.69, 9.17) is 4.74 Å². The van der Waals surface area contributed by atoms with Gasteiger partial charge >= 0.3 is 6.09 Å². The molecule has 3 aliphatic heterocycles. The summed E-state index contributed by atoms with van der Waals surface area (Å²) in [5.41, 5.74) is 1.83. The van der Waals surface area contributed by atoms with Crippen LogP contribution in [0.1, 0.15) is 70.3 Å². The summed E-state index contributed by atoms with van der Waals surface area (Å²) in [6.45, 7) is 5.96. The molecule has 6 nitrogen and oxygen atoms in total. The number of fused-ring (bicyclic) bond motifs is 3. The molecule has 1 aromatic carbocycles. The van der Waals surface area contributed by atoms with Crippen LogP contribution in [0.5, 0.6) is 0 Å². The molecule has 7 heteroatoms. The number of ether oxygens (including phenoxy) is 1. The molecule has 0 aromatic heterocycles. The number of hydrogen-bond acceptors (Lipinski definition) is 4. The van der Waals surface area contributed by atoms with Gasteiger partial charge in [0.05, 0.1) is 6.61 Å². The molecule has 0 N–H and O–H groups in total. The Labute approximate surface area is 207 Å². The average molecular weight is 484 g/mol. The number of amides is 2. The highest BCUT2D eigenvalue weighted by Gasteiger charge is 2.50. The van der Waals surface area contributed by atoms with E-state index in [1.165, 1.54) is 12.5 Å². The molecule has 1 spiro atoms. The fourth-order valence-electron chi connectivity index (χ4n) is 7.39. The van der Waals surface area contributed by atoms with E-state index >= 15 is 0 Å². The van der Waals surface area contributed by atoms with Gasteiger partial charge in [-0.05, 0) is 101 Å². The number of carbonyl (C=O) groups is 2. The number of hydrogen-bond donors (Lipinski definition) is 0.